The number of aliphatic hydroxyl groups excluding tert-OH is 1. The van der Waals surface area contributed by atoms with Gasteiger partial charge in [-0.15, -0.1) is 0 Å². The van der Waals surface area contributed by atoms with Gasteiger partial charge in [-0.25, -0.2) is 0 Å². The maximum atomic E-state index is 10.3. The molecule has 2 N–H and O–H groups in total. The van der Waals surface area contributed by atoms with E-state index in [1.165, 1.54) is 5.56 Å². The fraction of sp³-hybridized carbons (Fsp3) is 0.600. The third kappa shape index (κ3) is 3.08. The van der Waals surface area contributed by atoms with Gasteiger partial charge in [0.1, 0.15) is 0 Å². The first-order valence-electron chi connectivity index (χ1n) is 6.45. The Morgan fingerprint density at radius 2 is 2.00 bits per heavy atom. The molecule has 94 valence electrons. The quantitative estimate of drug-likeness (QED) is 0.844. The number of fused-ring (bicyclic) bond motifs is 1. The summed E-state index contributed by atoms with van der Waals surface area (Å²) in [7, 11) is 0. The van der Waals surface area contributed by atoms with Crippen molar-refractivity contribution in [2.45, 2.75) is 51.2 Å². The largest absolute Gasteiger partial charge is 0.390 e. The van der Waals surface area contributed by atoms with Gasteiger partial charge in [-0.05, 0) is 56.6 Å². The summed E-state index contributed by atoms with van der Waals surface area (Å²) in [6.45, 7) is 3.66. The Bertz CT molecular complexity index is 379. The fourth-order valence-electron chi connectivity index (χ4n) is 2.64. The van der Waals surface area contributed by atoms with E-state index >= 15 is 0 Å². The van der Waals surface area contributed by atoms with E-state index in [2.05, 4.69) is 6.07 Å². The minimum absolute atomic E-state index is 0.288. The second-order valence-electron chi connectivity index (χ2n) is 5.79. The van der Waals surface area contributed by atoms with Gasteiger partial charge in [-0.2, -0.15) is 0 Å². The highest BCUT2D eigenvalue weighted by Crippen LogP contribution is 2.37. The molecule has 0 aliphatic heterocycles. The predicted octanol–water partition coefficient (Wildman–Crippen LogP) is 2.83. The topological polar surface area (TPSA) is 40.5 Å². The summed E-state index contributed by atoms with van der Waals surface area (Å²) in [5, 5.41) is 20.1. The van der Waals surface area contributed by atoms with Crippen LogP contribution in [-0.4, -0.2) is 15.8 Å². The second-order valence-corrected chi connectivity index (χ2v) is 5.79. The van der Waals surface area contributed by atoms with E-state index in [9.17, 15) is 10.2 Å². The lowest BCUT2D eigenvalue weighted by atomic mass is 9.78. The van der Waals surface area contributed by atoms with Crippen molar-refractivity contribution in [2.24, 2.45) is 5.92 Å². The summed E-state index contributed by atoms with van der Waals surface area (Å²) in [4.78, 5) is 0. The van der Waals surface area contributed by atoms with Crippen molar-refractivity contribution in [3.8, 4) is 0 Å². The number of aliphatic hydroxyl groups is 2. The van der Waals surface area contributed by atoms with Gasteiger partial charge in [0.05, 0.1) is 11.7 Å². The van der Waals surface area contributed by atoms with Crippen molar-refractivity contribution in [1.29, 1.82) is 0 Å². The van der Waals surface area contributed by atoms with E-state index in [4.69, 9.17) is 0 Å². The molecule has 2 nitrogen and oxygen atoms in total. The molecule has 1 aromatic carbocycles. The Morgan fingerprint density at radius 3 is 2.71 bits per heavy atom. The Morgan fingerprint density at radius 1 is 1.29 bits per heavy atom. The molecule has 0 heterocycles. The predicted molar refractivity (Wildman–Crippen MR) is 68.7 cm³/mol. The van der Waals surface area contributed by atoms with Crippen LogP contribution in [-0.2, 0) is 6.42 Å². The second kappa shape index (κ2) is 4.79. The molecule has 0 saturated heterocycles. The standard InChI is InChI=1S/C15H22O2/c1-15(2,17)10-9-12-8-7-11-5-3-4-6-13(11)14(12)16/h3-6,12,14,16-17H,7-10H2,1-2H3. The van der Waals surface area contributed by atoms with E-state index in [0.29, 0.717) is 0 Å². The SMILES string of the molecule is CC(C)(O)CCC1CCc2ccccc2C1O. The van der Waals surface area contributed by atoms with Crippen LogP contribution in [0.25, 0.3) is 0 Å². The lowest BCUT2D eigenvalue weighted by Gasteiger charge is -2.31. The number of rotatable bonds is 3. The van der Waals surface area contributed by atoms with E-state index in [-0.39, 0.29) is 12.0 Å². The average molecular weight is 234 g/mol. The number of aryl methyl sites for hydroxylation is 1. The molecular weight excluding hydrogens is 212 g/mol. The highest BCUT2D eigenvalue weighted by Gasteiger charge is 2.28. The Hall–Kier alpha value is -0.860. The summed E-state index contributed by atoms with van der Waals surface area (Å²) >= 11 is 0. The zero-order valence-corrected chi connectivity index (χ0v) is 10.7. The molecule has 0 radical (unpaired) electrons. The molecule has 0 fully saturated rings. The van der Waals surface area contributed by atoms with Crippen molar-refractivity contribution in [3.05, 3.63) is 35.4 Å². The lowest BCUT2D eigenvalue weighted by molar-refractivity contribution is 0.0385. The third-order valence-corrected chi connectivity index (χ3v) is 3.73. The number of hydrogen-bond acceptors (Lipinski definition) is 2. The van der Waals surface area contributed by atoms with Gasteiger partial charge < -0.3 is 10.2 Å². The maximum Gasteiger partial charge on any atom is 0.0820 e. The normalized spacial score (nSPS) is 24.5. The highest BCUT2D eigenvalue weighted by molar-refractivity contribution is 5.31. The van der Waals surface area contributed by atoms with Crippen molar-refractivity contribution in [1.82, 2.24) is 0 Å². The van der Waals surface area contributed by atoms with Gasteiger partial charge in [0, 0.05) is 0 Å². The molecule has 0 saturated carbocycles. The van der Waals surface area contributed by atoms with Gasteiger partial charge >= 0.3 is 0 Å². The van der Waals surface area contributed by atoms with E-state index in [1.807, 2.05) is 32.0 Å². The molecule has 0 aromatic heterocycles. The van der Waals surface area contributed by atoms with Gasteiger partial charge in [0.2, 0.25) is 0 Å². The summed E-state index contributed by atoms with van der Waals surface area (Å²) < 4.78 is 0. The zero-order valence-electron chi connectivity index (χ0n) is 10.7. The van der Waals surface area contributed by atoms with Crippen molar-refractivity contribution in [2.75, 3.05) is 0 Å². The smallest absolute Gasteiger partial charge is 0.0820 e. The molecule has 1 aliphatic carbocycles. The average Bonchev–Trinajstić information content (AvgIpc) is 2.27. The van der Waals surface area contributed by atoms with Crippen LogP contribution in [0.5, 0.6) is 0 Å². The maximum absolute atomic E-state index is 10.3. The van der Waals surface area contributed by atoms with Crippen molar-refractivity contribution < 1.29 is 10.2 Å². The van der Waals surface area contributed by atoms with Gasteiger partial charge in [-0.1, -0.05) is 24.3 Å². The first-order valence-corrected chi connectivity index (χ1v) is 6.45. The van der Waals surface area contributed by atoms with Crippen LogP contribution in [0.15, 0.2) is 24.3 Å². The minimum atomic E-state index is -0.628. The number of hydrogen-bond donors (Lipinski definition) is 2. The van der Waals surface area contributed by atoms with Crippen LogP contribution in [0.1, 0.15) is 50.3 Å². The Kier molecular flexibility index (Phi) is 3.55. The summed E-state index contributed by atoms with van der Waals surface area (Å²) in [5.41, 5.74) is 1.73. The summed E-state index contributed by atoms with van der Waals surface area (Å²) in [6.07, 6.45) is 3.34. The van der Waals surface area contributed by atoms with Gasteiger partial charge in [0.15, 0.2) is 0 Å². The summed E-state index contributed by atoms with van der Waals surface area (Å²) in [5.74, 6) is 0.288. The van der Waals surface area contributed by atoms with Crippen LogP contribution >= 0.6 is 0 Å². The Labute approximate surface area is 103 Å². The molecule has 2 heteroatoms. The molecule has 1 aromatic rings. The van der Waals surface area contributed by atoms with Crippen molar-refractivity contribution >= 4 is 0 Å². The molecule has 0 amide bonds. The Balaban J connectivity index is 2.05. The molecule has 2 unspecified atom stereocenters. The first kappa shape index (κ1) is 12.6. The molecular formula is C15H22O2. The molecule has 0 spiro atoms. The zero-order chi connectivity index (χ0) is 12.5. The van der Waals surface area contributed by atoms with Crippen LogP contribution in [0.4, 0.5) is 0 Å². The first-order chi connectivity index (χ1) is 7.97. The lowest BCUT2D eigenvalue weighted by Crippen LogP contribution is -2.25. The van der Waals surface area contributed by atoms with E-state index in [1.54, 1.807) is 0 Å². The molecule has 17 heavy (non-hydrogen) atoms. The van der Waals surface area contributed by atoms with Crippen LogP contribution in [0, 0.1) is 5.92 Å². The molecule has 2 rings (SSSR count). The van der Waals surface area contributed by atoms with E-state index < -0.39 is 5.60 Å². The van der Waals surface area contributed by atoms with Crippen molar-refractivity contribution in [3.63, 3.8) is 0 Å². The van der Waals surface area contributed by atoms with Gasteiger partial charge in [-0.3, -0.25) is 0 Å². The van der Waals surface area contributed by atoms with Gasteiger partial charge in [0.25, 0.3) is 0 Å². The third-order valence-electron chi connectivity index (χ3n) is 3.73. The molecule has 0 bridgehead atoms. The monoisotopic (exact) mass is 234 g/mol. The highest BCUT2D eigenvalue weighted by atomic mass is 16.3. The van der Waals surface area contributed by atoms with E-state index in [0.717, 1.165) is 31.2 Å². The van der Waals surface area contributed by atoms with Crippen LogP contribution < -0.4 is 0 Å². The van der Waals surface area contributed by atoms with Crippen LogP contribution in [0.3, 0.4) is 0 Å². The molecule has 1 aliphatic rings. The summed E-state index contributed by atoms with van der Waals surface area (Å²) in [6, 6.07) is 8.14. The minimum Gasteiger partial charge on any atom is -0.390 e. The van der Waals surface area contributed by atoms with Crippen LogP contribution in [0.2, 0.25) is 0 Å². The molecule has 2 atom stereocenters. The number of benzene rings is 1. The fourth-order valence-corrected chi connectivity index (χ4v) is 2.64.